The van der Waals surface area contributed by atoms with Gasteiger partial charge in [0.15, 0.2) is 0 Å². The molecule has 0 radical (unpaired) electrons. The fraction of sp³-hybridized carbons (Fsp3) is 0.429. The third-order valence-corrected chi connectivity index (χ3v) is 3.33. The second-order valence-corrected chi connectivity index (χ2v) is 4.92. The quantitative estimate of drug-likeness (QED) is 0.907. The molecule has 3 rings (SSSR count). The number of nitrogens with zero attached hydrogens (tertiary/aromatic N) is 2. The summed E-state index contributed by atoms with van der Waals surface area (Å²) >= 11 is 0. The van der Waals surface area contributed by atoms with E-state index in [4.69, 9.17) is 4.74 Å². The summed E-state index contributed by atoms with van der Waals surface area (Å²) < 4.78 is 7.30. The molecule has 1 amide bonds. The van der Waals surface area contributed by atoms with Crippen LogP contribution in [-0.4, -0.2) is 28.0 Å². The molecule has 1 unspecified atom stereocenters. The number of fused-ring (bicyclic) bond motifs is 1. The predicted molar refractivity (Wildman–Crippen MR) is 70.7 cm³/mol. The van der Waals surface area contributed by atoms with Crippen LogP contribution in [0, 0.1) is 6.92 Å². The van der Waals surface area contributed by atoms with Crippen molar-refractivity contribution in [2.45, 2.75) is 32.4 Å². The summed E-state index contributed by atoms with van der Waals surface area (Å²) in [6, 6.07) is 4.05. The second-order valence-electron chi connectivity index (χ2n) is 4.92. The van der Waals surface area contributed by atoms with Crippen LogP contribution in [0.5, 0.6) is 0 Å². The second kappa shape index (κ2) is 5.01. The van der Waals surface area contributed by atoms with Gasteiger partial charge in [0.1, 0.15) is 11.8 Å². The van der Waals surface area contributed by atoms with E-state index in [1.165, 1.54) is 5.56 Å². The van der Waals surface area contributed by atoms with Crippen molar-refractivity contribution in [2.75, 3.05) is 6.61 Å². The molecule has 0 aliphatic carbocycles. The van der Waals surface area contributed by atoms with E-state index in [-0.39, 0.29) is 12.0 Å². The van der Waals surface area contributed by atoms with Gasteiger partial charge in [-0.1, -0.05) is 0 Å². The predicted octanol–water partition coefficient (Wildman–Crippen LogP) is 1.44. The third-order valence-electron chi connectivity index (χ3n) is 3.33. The Morgan fingerprint density at radius 3 is 3.32 bits per heavy atom. The van der Waals surface area contributed by atoms with Crippen LogP contribution >= 0.6 is 0 Å². The number of nitrogens with one attached hydrogen (secondary N) is 1. The van der Waals surface area contributed by atoms with E-state index in [1.54, 1.807) is 0 Å². The number of hydrogen-bond donors (Lipinski definition) is 1. The Balaban J connectivity index is 1.66. The van der Waals surface area contributed by atoms with E-state index < -0.39 is 0 Å². The van der Waals surface area contributed by atoms with E-state index >= 15 is 0 Å². The summed E-state index contributed by atoms with van der Waals surface area (Å²) in [5, 5.41) is 2.88. The van der Waals surface area contributed by atoms with Gasteiger partial charge in [0.05, 0.1) is 12.2 Å². The van der Waals surface area contributed by atoms with E-state index in [0.29, 0.717) is 13.2 Å². The van der Waals surface area contributed by atoms with Gasteiger partial charge in [-0.2, -0.15) is 0 Å². The molecule has 1 atom stereocenters. The van der Waals surface area contributed by atoms with Crippen LogP contribution in [0.2, 0.25) is 0 Å². The first kappa shape index (κ1) is 12.2. The number of amides is 1. The molecular formula is C14H17N3O2. The van der Waals surface area contributed by atoms with Gasteiger partial charge < -0.3 is 14.5 Å². The Morgan fingerprint density at radius 1 is 1.63 bits per heavy atom. The van der Waals surface area contributed by atoms with Crippen LogP contribution in [0.4, 0.5) is 0 Å². The van der Waals surface area contributed by atoms with Gasteiger partial charge in [-0.25, -0.2) is 4.98 Å². The van der Waals surface area contributed by atoms with E-state index in [1.807, 2.05) is 35.9 Å². The number of pyridine rings is 1. The molecule has 1 aliphatic heterocycles. The van der Waals surface area contributed by atoms with Crippen molar-refractivity contribution < 1.29 is 9.53 Å². The molecular weight excluding hydrogens is 242 g/mol. The molecule has 100 valence electrons. The number of carbonyl (C=O) groups excluding carboxylic acids is 1. The Kier molecular flexibility index (Phi) is 3.21. The molecule has 5 nitrogen and oxygen atoms in total. The maximum absolute atomic E-state index is 11.8. The highest BCUT2D eigenvalue weighted by atomic mass is 16.5. The molecule has 5 heteroatoms. The number of carbonyl (C=O) groups is 1. The largest absolute Gasteiger partial charge is 0.368 e. The van der Waals surface area contributed by atoms with E-state index in [0.717, 1.165) is 24.2 Å². The lowest BCUT2D eigenvalue weighted by Gasteiger charge is -2.08. The molecule has 0 saturated carbocycles. The molecule has 19 heavy (non-hydrogen) atoms. The van der Waals surface area contributed by atoms with Gasteiger partial charge in [-0.3, -0.25) is 4.79 Å². The zero-order valence-corrected chi connectivity index (χ0v) is 10.9. The van der Waals surface area contributed by atoms with Gasteiger partial charge in [0, 0.05) is 19.0 Å². The summed E-state index contributed by atoms with van der Waals surface area (Å²) in [6.07, 6.45) is 5.41. The molecule has 2 aromatic heterocycles. The maximum atomic E-state index is 11.8. The molecule has 1 N–H and O–H groups in total. The van der Waals surface area contributed by atoms with Crippen molar-refractivity contribution in [1.82, 2.24) is 14.7 Å². The highest BCUT2D eigenvalue weighted by Crippen LogP contribution is 2.12. The van der Waals surface area contributed by atoms with Gasteiger partial charge >= 0.3 is 0 Å². The van der Waals surface area contributed by atoms with Crippen molar-refractivity contribution in [3.63, 3.8) is 0 Å². The number of aromatic nitrogens is 2. The lowest BCUT2D eigenvalue weighted by molar-refractivity contribution is -0.130. The third kappa shape index (κ3) is 2.61. The van der Waals surface area contributed by atoms with Crippen molar-refractivity contribution >= 4 is 11.6 Å². The molecule has 0 spiro atoms. The fourth-order valence-corrected chi connectivity index (χ4v) is 2.30. The Morgan fingerprint density at radius 2 is 2.53 bits per heavy atom. The van der Waals surface area contributed by atoms with Crippen LogP contribution in [0.3, 0.4) is 0 Å². The summed E-state index contributed by atoms with van der Waals surface area (Å²) in [7, 11) is 0. The first-order valence-corrected chi connectivity index (χ1v) is 6.56. The first-order chi connectivity index (χ1) is 9.22. The fourth-order valence-electron chi connectivity index (χ4n) is 2.30. The highest BCUT2D eigenvalue weighted by Gasteiger charge is 2.23. The van der Waals surface area contributed by atoms with Crippen LogP contribution in [0.1, 0.15) is 24.1 Å². The van der Waals surface area contributed by atoms with Gasteiger partial charge in [0.2, 0.25) is 5.91 Å². The number of aryl methyl sites for hydroxylation is 1. The number of ether oxygens (including phenoxy) is 1. The van der Waals surface area contributed by atoms with Crippen molar-refractivity contribution in [3.8, 4) is 0 Å². The van der Waals surface area contributed by atoms with Gasteiger partial charge in [0.25, 0.3) is 0 Å². The molecule has 2 aromatic rings. The van der Waals surface area contributed by atoms with Crippen LogP contribution in [0.15, 0.2) is 24.5 Å². The normalized spacial score (nSPS) is 18.9. The average molecular weight is 259 g/mol. The molecule has 0 bridgehead atoms. The van der Waals surface area contributed by atoms with Crippen molar-refractivity contribution in [2.24, 2.45) is 0 Å². The average Bonchev–Trinajstić information content (AvgIpc) is 3.04. The SMILES string of the molecule is Cc1ccn2cc(CNC(=O)C3CCCO3)nc2c1. The smallest absolute Gasteiger partial charge is 0.249 e. The maximum Gasteiger partial charge on any atom is 0.249 e. The van der Waals surface area contributed by atoms with Gasteiger partial charge in [-0.15, -0.1) is 0 Å². The molecule has 1 saturated heterocycles. The number of imidazole rings is 1. The Hall–Kier alpha value is -1.88. The summed E-state index contributed by atoms with van der Waals surface area (Å²) in [4.78, 5) is 16.3. The minimum absolute atomic E-state index is 0.0364. The molecule has 0 aromatic carbocycles. The highest BCUT2D eigenvalue weighted by molar-refractivity contribution is 5.80. The van der Waals surface area contributed by atoms with Crippen LogP contribution in [0.25, 0.3) is 5.65 Å². The topological polar surface area (TPSA) is 55.6 Å². The lowest BCUT2D eigenvalue weighted by atomic mass is 10.2. The zero-order valence-electron chi connectivity index (χ0n) is 10.9. The minimum atomic E-state index is -0.278. The minimum Gasteiger partial charge on any atom is -0.368 e. The standard InChI is InChI=1S/C14H17N3O2/c1-10-4-5-17-9-11(16-13(17)7-10)8-15-14(18)12-3-2-6-19-12/h4-5,7,9,12H,2-3,6,8H2,1H3,(H,15,18). The van der Waals surface area contributed by atoms with Crippen LogP contribution < -0.4 is 5.32 Å². The number of hydrogen-bond acceptors (Lipinski definition) is 3. The Bertz CT molecular complexity index is 600. The van der Waals surface area contributed by atoms with Crippen LogP contribution in [-0.2, 0) is 16.1 Å². The lowest BCUT2D eigenvalue weighted by Crippen LogP contribution is -2.33. The number of rotatable bonds is 3. The molecule has 1 aliphatic rings. The summed E-state index contributed by atoms with van der Waals surface area (Å²) in [5.41, 5.74) is 2.94. The summed E-state index contributed by atoms with van der Waals surface area (Å²) in [5.74, 6) is -0.0364. The molecule has 3 heterocycles. The summed E-state index contributed by atoms with van der Waals surface area (Å²) in [6.45, 7) is 3.17. The van der Waals surface area contributed by atoms with Crippen molar-refractivity contribution in [1.29, 1.82) is 0 Å². The van der Waals surface area contributed by atoms with Crippen molar-refractivity contribution in [3.05, 3.63) is 35.8 Å². The van der Waals surface area contributed by atoms with E-state index in [9.17, 15) is 4.79 Å². The monoisotopic (exact) mass is 259 g/mol. The molecule has 1 fully saturated rings. The van der Waals surface area contributed by atoms with Gasteiger partial charge in [-0.05, 0) is 37.5 Å². The van der Waals surface area contributed by atoms with E-state index in [2.05, 4.69) is 10.3 Å². The zero-order chi connectivity index (χ0) is 13.2. The first-order valence-electron chi connectivity index (χ1n) is 6.56. The Labute approximate surface area is 111 Å².